The van der Waals surface area contributed by atoms with Crippen molar-refractivity contribution in [3.63, 3.8) is 0 Å². The molecular formula is C26H27Cl2N3O4. The van der Waals surface area contributed by atoms with Crippen molar-refractivity contribution in [1.82, 2.24) is 15.8 Å². The van der Waals surface area contributed by atoms with Crippen molar-refractivity contribution in [2.75, 3.05) is 0 Å². The Morgan fingerprint density at radius 3 is 2.43 bits per heavy atom. The lowest BCUT2D eigenvalue weighted by atomic mass is 9.89. The highest BCUT2D eigenvalue weighted by molar-refractivity contribution is 6.30. The maximum Gasteiger partial charge on any atom is 0.261 e. The van der Waals surface area contributed by atoms with Crippen LogP contribution in [0, 0.1) is 5.92 Å². The second kappa shape index (κ2) is 10.8. The summed E-state index contributed by atoms with van der Waals surface area (Å²) in [5.41, 5.74) is 6.37. The van der Waals surface area contributed by atoms with Crippen LogP contribution in [0.25, 0.3) is 0 Å². The summed E-state index contributed by atoms with van der Waals surface area (Å²) in [6.07, 6.45) is 2.07. The van der Waals surface area contributed by atoms with Crippen LogP contribution < -0.4 is 10.9 Å². The molecule has 2 fully saturated rings. The van der Waals surface area contributed by atoms with Gasteiger partial charge in [0.15, 0.2) is 0 Å². The first-order valence-electron chi connectivity index (χ1n) is 11.5. The van der Waals surface area contributed by atoms with E-state index in [-0.39, 0.29) is 18.2 Å². The molecule has 7 nitrogen and oxygen atoms in total. The summed E-state index contributed by atoms with van der Waals surface area (Å²) in [7, 11) is 0. The van der Waals surface area contributed by atoms with Crippen molar-refractivity contribution in [3.05, 3.63) is 82.4 Å². The Labute approximate surface area is 214 Å². The summed E-state index contributed by atoms with van der Waals surface area (Å²) >= 11 is 12.5. The molecule has 2 aromatic carbocycles. The molecule has 0 unspecified atom stereocenters. The lowest BCUT2D eigenvalue weighted by molar-refractivity contribution is -0.182. The van der Waals surface area contributed by atoms with Crippen molar-refractivity contribution >= 4 is 40.9 Å². The standard InChI is InChI=1S/C26H27Cl2N3O4/c1-3-5-21-26(34)31(23(17-8-9-17)25(33)30-29-15(2)32)22(16-10-12-19(27)13-11-16)24(35-21)18-6-4-7-20(28)14-18/h3-4,6-7,10-14,17,21-24H,1,5,8-9H2,2H3,(H,29,32)(H,30,33)/t21-,22+,23-,24-/m1/s1. The van der Waals surface area contributed by atoms with Crippen molar-refractivity contribution in [1.29, 1.82) is 0 Å². The number of rotatable bonds is 7. The van der Waals surface area contributed by atoms with E-state index >= 15 is 0 Å². The number of nitrogens with zero attached hydrogens (tertiary/aromatic N) is 1. The molecule has 184 valence electrons. The van der Waals surface area contributed by atoms with Crippen molar-refractivity contribution in [3.8, 4) is 0 Å². The minimum atomic E-state index is -0.824. The van der Waals surface area contributed by atoms with Crippen LogP contribution in [0.5, 0.6) is 0 Å². The van der Waals surface area contributed by atoms with Gasteiger partial charge >= 0.3 is 0 Å². The smallest absolute Gasteiger partial charge is 0.261 e. The van der Waals surface area contributed by atoms with Crippen LogP contribution in [0.4, 0.5) is 0 Å². The minimum absolute atomic E-state index is 0.0370. The number of hydrogen-bond donors (Lipinski definition) is 2. The summed E-state index contributed by atoms with van der Waals surface area (Å²) in [6, 6.07) is 13.0. The topological polar surface area (TPSA) is 87.7 Å². The Morgan fingerprint density at radius 2 is 1.83 bits per heavy atom. The summed E-state index contributed by atoms with van der Waals surface area (Å²) in [5, 5.41) is 1.08. The van der Waals surface area contributed by atoms with Crippen LogP contribution in [0.3, 0.4) is 0 Å². The molecule has 2 aromatic rings. The first-order chi connectivity index (χ1) is 16.8. The zero-order valence-corrected chi connectivity index (χ0v) is 20.8. The van der Waals surface area contributed by atoms with Gasteiger partial charge in [-0.15, -0.1) is 6.58 Å². The molecule has 2 N–H and O–H groups in total. The molecule has 1 saturated heterocycles. The molecular weight excluding hydrogens is 489 g/mol. The highest BCUT2D eigenvalue weighted by atomic mass is 35.5. The van der Waals surface area contributed by atoms with E-state index in [0.717, 1.165) is 24.0 Å². The number of nitrogens with one attached hydrogen (secondary N) is 2. The summed E-state index contributed by atoms with van der Waals surface area (Å²) < 4.78 is 6.38. The van der Waals surface area contributed by atoms with Gasteiger partial charge in [-0.25, -0.2) is 0 Å². The van der Waals surface area contributed by atoms with Crippen LogP contribution >= 0.6 is 23.2 Å². The van der Waals surface area contributed by atoms with Crippen molar-refractivity contribution in [2.45, 2.75) is 50.5 Å². The van der Waals surface area contributed by atoms with E-state index in [1.165, 1.54) is 6.92 Å². The molecule has 0 bridgehead atoms. The normalized spacial score (nSPS) is 22.9. The summed E-state index contributed by atoms with van der Waals surface area (Å²) in [5.74, 6) is -1.20. The highest BCUT2D eigenvalue weighted by Gasteiger charge is 2.52. The number of ether oxygens (including phenoxy) is 1. The number of carbonyl (C=O) groups is 3. The molecule has 0 aromatic heterocycles. The van der Waals surface area contributed by atoms with Gasteiger partial charge in [-0.1, -0.05) is 53.5 Å². The third-order valence-electron chi connectivity index (χ3n) is 6.20. The van der Waals surface area contributed by atoms with E-state index in [9.17, 15) is 14.4 Å². The van der Waals surface area contributed by atoms with Gasteiger partial charge in [0.2, 0.25) is 5.91 Å². The Morgan fingerprint density at radius 1 is 1.11 bits per heavy atom. The highest BCUT2D eigenvalue weighted by Crippen LogP contribution is 2.48. The molecule has 4 atom stereocenters. The SMILES string of the molecule is C=CC[C@H]1O[C@H](c2cccc(Cl)c2)[C@H](c2ccc(Cl)cc2)N([C@@H](C(=O)NNC(C)=O)C2CC2)C1=O. The second-order valence-electron chi connectivity index (χ2n) is 8.82. The molecule has 1 aliphatic heterocycles. The summed E-state index contributed by atoms with van der Waals surface area (Å²) in [6.45, 7) is 5.08. The van der Waals surface area contributed by atoms with Gasteiger partial charge in [0.1, 0.15) is 18.2 Å². The predicted octanol–water partition coefficient (Wildman–Crippen LogP) is 4.53. The fourth-order valence-electron chi connectivity index (χ4n) is 4.52. The predicted molar refractivity (Wildman–Crippen MR) is 133 cm³/mol. The van der Waals surface area contributed by atoms with Gasteiger partial charge in [-0.3, -0.25) is 25.2 Å². The van der Waals surface area contributed by atoms with E-state index in [4.69, 9.17) is 27.9 Å². The first-order valence-corrected chi connectivity index (χ1v) is 12.2. The number of carbonyl (C=O) groups excluding carboxylic acids is 3. The third kappa shape index (κ3) is 5.69. The Bertz CT molecular complexity index is 1120. The van der Waals surface area contributed by atoms with Crippen molar-refractivity contribution in [2.24, 2.45) is 5.92 Å². The Hall–Kier alpha value is -2.87. The van der Waals surface area contributed by atoms with Gasteiger partial charge in [-0.05, 0) is 54.2 Å². The fraction of sp³-hybridized carbons (Fsp3) is 0.346. The van der Waals surface area contributed by atoms with Crippen LogP contribution in [0.15, 0.2) is 61.2 Å². The average Bonchev–Trinajstić information content (AvgIpc) is 3.66. The molecule has 1 saturated carbocycles. The monoisotopic (exact) mass is 515 g/mol. The maximum atomic E-state index is 13.9. The second-order valence-corrected chi connectivity index (χ2v) is 9.69. The van der Waals surface area contributed by atoms with E-state index in [1.807, 2.05) is 24.3 Å². The van der Waals surface area contributed by atoms with Crippen LogP contribution in [0.1, 0.15) is 49.5 Å². The van der Waals surface area contributed by atoms with Crippen LogP contribution in [-0.4, -0.2) is 34.8 Å². The number of hydrazine groups is 1. The van der Waals surface area contributed by atoms with Gasteiger partial charge in [-0.2, -0.15) is 0 Å². The quantitative estimate of drug-likeness (QED) is 0.419. The molecule has 4 rings (SSSR count). The minimum Gasteiger partial charge on any atom is -0.358 e. The van der Waals surface area contributed by atoms with Gasteiger partial charge in [0.05, 0.1) is 6.04 Å². The Balaban J connectivity index is 1.84. The van der Waals surface area contributed by atoms with Gasteiger partial charge in [0.25, 0.3) is 11.8 Å². The molecule has 3 amide bonds. The number of amides is 3. The van der Waals surface area contributed by atoms with Crippen molar-refractivity contribution < 1.29 is 19.1 Å². The summed E-state index contributed by atoms with van der Waals surface area (Å²) in [4.78, 5) is 40.3. The number of morpholine rings is 1. The molecule has 2 aliphatic rings. The lowest BCUT2D eigenvalue weighted by Crippen LogP contribution is -2.60. The molecule has 1 heterocycles. The molecule has 35 heavy (non-hydrogen) atoms. The largest absolute Gasteiger partial charge is 0.358 e. The van der Waals surface area contributed by atoms with Gasteiger partial charge < -0.3 is 9.64 Å². The Kier molecular flexibility index (Phi) is 7.79. The molecule has 9 heteroatoms. The number of benzene rings is 2. The van der Waals surface area contributed by atoms with E-state index in [1.54, 1.807) is 35.2 Å². The number of hydrogen-bond acceptors (Lipinski definition) is 4. The van der Waals surface area contributed by atoms with E-state index in [2.05, 4.69) is 17.4 Å². The van der Waals surface area contributed by atoms with Crippen LogP contribution in [-0.2, 0) is 19.1 Å². The van der Waals surface area contributed by atoms with E-state index < -0.39 is 36.1 Å². The lowest BCUT2D eigenvalue weighted by Gasteiger charge is -2.47. The van der Waals surface area contributed by atoms with E-state index in [0.29, 0.717) is 10.0 Å². The molecule has 0 spiro atoms. The maximum absolute atomic E-state index is 13.9. The average molecular weight is 516 g/mol. The molecule has 1 aliphatic carbocycles. The fourth-order valence-corrected chi connectivity index (χ4v) is 4.84. The van der Waals surface area contributed by atoms with Crippen LogP contribution in [0.2, 0.25) is 10.0 Å². The first kappa shape index (κ1) is 25.2. The zero-order valence-electron chi connectivity index (χ0n) is 19.2. The van der Waals surface area contributed by atoms with Gasteiger partial charge in [0, 0.05) is 23.4 Å². The number of halogens is 2. The zero-order chi connectivity index (χ0) is 25.1. The molecule has 0 radical (unpaired) electrons. The third-order valence-corrected chi connectivity index (χ3v) is 6.68.